The normalized spacial score (nSPS) is 18.0. The predicted molar refractivity (Wildman–Crippen MR) is 74.7 cm³/mol. The molecule has 0 spiro atoms. The molecule has 0 aliphatic heterocycles. The molecule has 0 saturated heterocycles. The van der Waals surface area contributed by atoms with Gasteiger partial charge in [-0.25, -0.2) is 4.98 Å². The van der Waals surface area contributed by atoms with Crippen LogP contribution in [-0.2, 0) is 17.6 Å². The predicted octanol–water partition coefficient (Wildman–Crippen LogP) is 3.24. The van der Waals surface area contributed by atoms with Crippen molar-refractivity contribution >= 4 is 17.3 Å². The highest BCUT2D eigenvalue weighted by molar-refractivity contribution is 7.09. The second-order valence-electron chi connectivity index (χ2n) is 4.89. The van der Waals surface area contributed by atoms with Crippen LogP contribution in [0.25, 0.3) is 0 Å². The van der Waals surface area contributed by atoms with E-state index in [2.05, 4.69) is 29.2 Å². The minimum atomic E-state index is -0.819. The maximum atomic E-state index is 10.7. The van der Waals surface area contributed by atoms with Gasteiger partial charge >= 0.3 is 5.97 Å². The molecule has 0 radical (unpaired) electrons. The third-order valence-electron chi connectivity index (χ3n) is 3.57. The maximum absolute atomic E-state index is 10.7. The quantitative estimate of drug-likeness (QED) is 0.934. The summed E-state index contributed by atoms with van der Waals surface area (Å²) in [5.74, 6) is -0.474. The van der Waals surface area contributed by atoms with E-state index >= 15 is 0 Å². The average molecular weight is 273 g/mol. The van der Waals surface area contributed by atoms with Crippen molar-refractivity contribution in [3.8, 4) is 0 Å². The highest BCUT2D eigenvalue weighted by Gasteiger charge is 2.24. The topological polar surface area (TPSA) is 50.2 Å². The van der Waals surface area contributed by atoms with Crippen LogP contribution in [0.5, 0.6) is 0 Å². The van der Waals surface area contributed by atoms with Crippen molar-refractivity contribution in [3.63, 3.8) is 0 Å². The zero-order valence-electron chi connectivity index (χ0n) is 10.5. The number of hydrogen-bond donors (Lipinski definition) is 1. The first-order valence-corrected chi connectivity index (χ1v) is 7.36. The van der Waals surface area contributed by atoms with Gasteiger partial charge in [-0.15, -0.1) is 11.3 Å². The molecule has 0 fully saturated rings. The van der Waals surface area contributed by atoms with E-state index in [9.17, 15) is 4.79 Å². The lowest BCUT2D eigenvalue weighted by Gasteiger charge is -2.23. The molecule has 3 rings (SSSR count). The fourth-order valence-corrected chi connectivity index (χ4v) is 3.70. The third kappa shape index (κ3) is 2.54. The van der Waals surface area contributed by atoms with Crippen LogP contribution in [0.4, 0.5) is 0 Å². The molecule has 4 heteroatoms. The van der Waals surface area contributed by atoms with Crippen molar-refractivity contribution in [1.82, 2.24) is 4.98 Å². The molecule has 1 atom stereocenters. The molecule has 1 unspecified atom stereocenters. The minimum absolute atomic E-state index is 0.0187. The molecule has 0 saturated carbocycles. The van der Waals surface area contributed by atoms with E-state index in [0.717, 1.165) is 17.8 Å². The van der Waals surface area contributed by atoms with E-state index in [1.807, 2.05) is 5.38 Å². The Bertz CT molecular complexity index is 606. The number of fused-ring (bicyclic) bond motifs is 1. The summed E-state index contributed by atoms with van der Waals surface area (Å²) < 4.78 is 0. The number of aryl methyl sites for hydroxylation is 1. The number of nitrogens with zero attached hydrogens (tertiary/aromatic N) is 1. The zero-order valence-corrected chi connectivity index (χ0v) is 11.3. The molecule has 2 aromatic rings. The van der Waals surface area contributed by atoms with Crippen molar-refractivity contribution in [1.29, 1.82) is 0 Å². The number of carbonyl (C=O) groups is 1. The van der Waals surface area contributed by atoms with Gasteiger partial charge in [0, 0.05) is 11.3 Å². The Morgan fingerprint density at radius 3 is 3.11 bits per heavy atom. The van der Waals surface area contributed by atoms with Crippen LogP contribution in [0, 0.1) is 0 Å². The number of rotatable bonds is 3. The van der Waals surface area contributed by atoms with Gasteiger partial charge in [-0.1, -0.05) is 24.3 Å². The van der Waals surface area contributed by atoms with Crippen molar-refractivity contribution in [2.45, 2.75) is 31.6 Å². The second-order valence-corrected chi connectivity index (χ2v) is 5.78. The molecule has 3 nitrogen and oxygen atoms in total. The average Bonchev–Trinajstić information content (AvgIpc) is 2.85. The van der Waals surface area contributed by atoms with E-state index < -0.39 is 5.97 Å². The first-order valence-electron chi connectivity index (χ1n) is 6.48. The number of aromatic nitrogens is 1. The Balaban J connectivity index is 1.91. The molecular weight excluding hydrogens is 258 g/mol. The van der Waals surface area contributed by atoms with Gasteiger partial charge in [-0.3, -0.25) is 4.79 Å². The lowest BCUT2D eigenvalue weighted by atomic mass is 9.83. The van der Waals surface area contributed by atoms with E-state index in [-0.39, 0.29) is 6.42 Å². The number of benzene rings is 1. The summed E-state index contributed by atoms with van der Waals surface area (Å²) in [6, 6.07) is 8.52. The van der Waals surface area contributed by atoms with E-state index in [1.165, 1.54) is 17.5 Å². The van der Waals surface area contributed by atoms with Gasteiger partial charge in [0.2, 0.25) is 0 Å². The molecule has 0 amide bonds. The first-order chi connectivity index (χ1) is 9.24. The lowest BCUT2D eigenvalue weighted by Crippen LogP contribution is -2.11. The molecule has 19 heavy (non-hydrogen) atoms. The Kier molecular flexibility index (Phi) is 3.34. The Morgan fingerprint density at radius 1 is 1.42 bits per heavy atom. The molecule has 98 valence electrons. The molecule has 1 aliphatic rings. The number of aliphatic carboxylic acids is 1. The minimum Gasteiger partial charge on any atom is -0.481 e. The van der Waals surface area contributed by atoms with Crippen molar-refractivity contribution < 1.29 is 9.90 Å². The number of thiazole rings is 1. The highest BCUT2D eigenvalue weighted by Crippen LogP contribution is 2.37. The number of carboxylic acids is 1. The number of carboxylic acid groups (broad SMARTS) is 1. The molecule has 1 N–H and O–H groups in total. The summed E-state index contributed by atoms with van der Waals surface area (Å²) in [6.45, 7) is 0. The van der Waals surface area contributed by atoms with Crippen LogP contribution in [0.3, 0.4) is 0 Å². The highest BCUT2D eigenvalue weighted by atomic mass is 32.1. The summed E-state index contributed by atoms with van der Waals surface area (Å²) in [7, 11) is 0. The third-order valence-corrected chi connectivity index (χ3v) is 4.58. The van der Waals surface area contributed by atoms with Gasteiger partial charge in [0.05, 0.1) is 12.1 Å². The molecule has 1 aromatic heterocycles. The van der Waals surface area contributed by atoms with Gasteiger partial charge < -0.3 is 5.11 Å². The van der Waals surface area contributed by atoms with Gasteiger partial charge in [0.1, 0.15) is 5.01 Å². The van der Waals surface area contributed by atoms with Gasteiger partial charge in [0.25, 0.3) is 0 Å². The SMILES string of the molecule is O=C(O)Cc1csc(C2CCCc3ccccc32)n1. The summed E-state index contributed by atoms with van der Waals surface area (Å²) >= 11 is 1.59. The van der Waals surface area contributed by atoms with Gasteiger partial charge in [0.15, 0.2) is 0 Å². The van der Waals surface area contributed by atoms with Crippen LogP contribution < -0.4 is 0 Å². The largest absolute Gasteiger partial charge is 0.481 e. The lowest BCUT2D eigenvalue weighted by molar-refractivity contribution is -0.136. The van der Waals surface area contributed by atoms with Crippen LogP contribution in [-0.4, -0.2) is 16.1 Å². The van der Waals surface area contributed by atoms with Crippen LogP contribution in [0.2, 0.25) is 0 Å². The van der Waals surface area contributed by atoms with Crippen molar-refractivity contribution in [2.24, 2.45) is 0 Å². The Labute approximate surface area is 115 Å². The van der Waals surface area contributed by atoms with Gasteiger partial charge in [-0.2, -0.15) is 0 Å². The van der Waals surface area contributed by atoms with Crippen molar-refractivity contribution in [2.75, 3.05) is 0 Å². The van der Waals surface area contributed by atoms with E-state index in [4.69, 9.17) is 5.11 Å². The summed E-state index contributed by atoms with van der Waals surface area (Å²) in [5.41, 5.74) is 3.45. The van der Waals surface area contributed by atoms with Gasteiger partial charge in [-0.05, 0) is 30.4 Å². The monoisotopic (exact) mass is 273 g/mol. The fourth-order valence-electron chi connectivity index (χ4n) is 2.73. The second kappa shape index (κ2) is 5.13. The summed E-state index contributed by atoms with van der Waals surface area (Å²) in [4.78, 5) is 15.2. The van der Waals surface area contributed by atoms with E-state index in [0.29, 0.717) is 11.6 Å². The van der Waals surface area contributed by atoms with E-state index in [1.54, 1.807) is 11.3 Å². The maximum Gasteiger partial charge on any atom is 0.309 e. The fraction of sp³-hybridized carbons (Fsp3) is 0.333. The molecule has 1 aromatic carbocycles. The Morgan fingerprint density at radius 2 is 2.26 bits per heavy atom. The summed E-state index contributed by atoms with van der Waals surface area (Å²) in [5, 5.41) is 11.7. The van der Waals surface area contributed by atoms with Crippen LogP contribution in [0.15, 0.2) is 29.6 Å². The molecule has 0 bridgehead atoms. The Hall–Kier alpha value is -1.68. The number of hydrogen-bond acceptors (Lipinski definition) is 3. The smallest absolute Gasteiger partial charge is 0.309 e. The molecule has 1 heterocycles. The van der Waals surface area contributed by atoms with Crippen LogP contribution in [0.1, 0.15) is 40.6 Å². The zero-order chi connectivity index (χ0) is 13.2. The summed E-state index contributed by atoms with van der Waals surface area (Å²) in [6.07, 6.45) is 3.44. The molecule has 1 aliphatic carbocycles. The first kappa shape index (κ1) is 12.4. The standard InChI is InChI=1S/C15H15NO2S/c17-14(18)8-11-9-19-15(16-11)13-7-3-5-10-4-1-2-6-12(10)13/h1-2,4,6,9,13H,3,5,7-8H2,(H,17,18). The van der Waals surface area contributed by atoms with Crippen molar-refractivity contribution in [3.05, 3.63) is 51.5 Å². The van der Waals surface area contributed by atoms with Crippen LogP contribution >= 0.6 is 11.3 Å². The molecular formula is C15H15NO2S.